The lowest BCUT2D eigenvalue weighted by Gasteiger charge is -2.22. The Morgan fingerprint density at radius 3 is 2.87 bits per heavy atom. The van der Waals surface area contributed by atoms with Gasteiger partial charge in [-0.1, -0.05) is 13.0 Å². The standard InChI is InChI=1S/C13H20N2/c1-5-6-10(2)12(4)15-13-9-14-8-7-11(13)3/h5,7-10,12,15H,1,6H2,2-4H3. The number of pyridine rings is 1. The van der Waals surface area contributed by atoms with Gasteiger partial charge in [0.25, 0.3) is 0 Å². The van der Waals surface area contributed by atoms with Gasteiger partial charge in [0.2, 0.25) is 0 Å². The predicted octanol–water partition coefficient (Wildman–Crippen LogP) is 3.40. The molecule has 2 nitrogen and oxygen atoms in total. The van der Waals surface area contributed by atoms with E-state index in [1.54, 1.807) is 0 Å². The van der Waals surface area contributed by atoms with Crippen molar-refractivity contribution in [2.24, 2.45) is 5.92 Å². The van der Waals surface area contributed by atoms with Crippen LogP contribution in [0.15, 0.2) is 31.1 Å². The lowest BCUT2D eigenvalue weighted by molar-refractivity contribution is 0.517. The van der Waals surface area contributed by atoms with Gasteiger partial charge in [-0.2, -0.15) is 0 Å². The Balaban J connectivity index is 2.61. The average molecular weight is 204 g/mol. The highest BCUT2D eigenvalue weighted by Gasteiger charge is 2.11. The largest absolute Gasteiger partial charge is 0.381 e. The molecule has 0 aromatic carbocycles. The molecule has 2 heteroatoms. The predicted molar refractivity (Wildman–Crippen MR) is 66.0 cm³/mol. The number of nitrogens with one attached hydrogen (secondary N) is 1. The lowest BCUT2D eigenvalue weighted by atomic mass is 9.99. The van der Waals surface area contributed by atoms with Gasteiger partial charge in [-0.15, -0.1) is 6.58 Å². The smallest absolute Gasteiger partial charge is 0.0558 e. The summed E-state index contributed by atoms with van der Waals surface area (Å²) < 4.78 is 0. The van der Waals surface area contributed by atoms with Crippen molar-refractivity contribution >= 4 is 5.69 Å². The van der Waals surface area contributed by atoms with Crippen molar-refractivity contribution in [2.75, 3.05) is 5.32 Å². The first-order chi connectivity index (χ1) is 7.15. The highest BCUT2D eigenvalue weighted by atomic mass is 14.9. The van der Waals surface area contributed by atoms with E-state index in [0.717, 1.165) is 12.1 Å². The second kappa shape index (κ2) is 5.54. The van der Waals surface area contributed by atoms with Crippen LogP contribution in [0.5, 0.6) is 0 Å². The van der Waals surface area contributed by atoms with E-state index in [2.05, 4.69) is 37.7 Å². The van der Waals surface area contributed by atoms with Gasteiger partial charge in [-0.05, 0) is 37.8 Å². The van der Waals surface area contributed by atoms with Crippen LogP contribution >= 0.6 is 0 Å². The average Bonchev–Trinajstić information content (AvgIpc) is 2.21. The van der Waals surface area contributed by atoms with Crippen molar-refractivity contribution in [1.82, 2.24) is 4.98 Å². The summed E-state index contributed by atoms with van der Waals surface area (Å²) in [6.07, 6.45) is 6.71. The highest BCUT2D eigenvalue weighted by Crippen LogP contribution is 2.17. The van der Waals surface area contributed by atoms with Gasteiger partial charge in [-0.3, -0.25) is 4.98 Å². The fourth-order valence-electron chi connectivity index (χ4n) is 1.47. The summed E-state index contributed by atoms with van der Waals surface area (Å²) in [6.45, 7) is 10.3. The second-order valence-electron chi connectivity index (χ2n) is 4.13. The summed E-state index contributed by atoms with van der Waals surface area (Å²) in [6, 6.07) is 2.46. The van der Waals surface area contributed by atoms with Crippen LogP contribution in [0.2, 0.25) is 0 Å². The molecule has 0 aliphatic heterocycles. The van der Waals surface area contributed by atoms with Gasteiger partial charge in [0.05, 0.1) is 11.9 Å². The zero-order valence-corrected chi connectivity index (χ0v) is 9.83. The van der Waals surface area contributed by atoms with Gasteiger partial charge in [0, 0.05) is 12.2 Å². The maximum Gasteiger partial charge on any atom is 0.0558 e. The summed E-state index contributed by atoms with van der Waals surface area (Å²) in [7, 11) is 0. The van der Waals surface area contributed by atoms with Crippen LogP contribution in [-0.4, -0.2) is 11.0 Å². The maximum atomic E-state index is 4.12. The number of allylic oxidation sites excluding steroid dienone is 1. The molecule has 0 bridgehead atoms. The molecule has 2 unspecified atom stereocenters. The van der Waals surface area contributed by atoms with Crippen LogP contribution in [0.25, 0.3) is 0 Å². The number of hydrogen-bond donors (Lipinski definition) is 1. The molecule has 0 radical (unpaired) electrons. The van der Waals surface area contributed by atoms with Crippen molar-refractivity contribution in [3.05, 3.63) is 36.7 Å². The van der Waals surface area contributed by atoms with Gasteiger partial charge >= 0.3 is 0 Å². The van der Waals surface area contributed by atoms with Crippen LogP contribution < -0.4 is 5.32 Å². The van der Waals surface area contributed by atoms with E-state index in [1.165, 1.54) is 5.56 Å². The topological polar surface area (TPSA) is 24.9 Å². The molecule has 0 aliphatic carbocycles. The molecule has 0 saturated carbocycles. The first kappa shape index (κ1) is 11.8. The summed E-state index contributed by atoms with van der Waals surface area (Å²) in [5.74, 6) is 0.585. The molecule has 0 amide bonds. The fraction of sp³-hybridized carbons (Fsp3) is 0.462. The van der Waals surface area contributed by atoms with Gasteiger partial charge in [0.15, 0.2) is 0 Å². The Morgan fingerprint density at radius 2 is 2.27 bits per heavy atom. The molecule has 1 rings (SSSR count). The van der Waals surface area contributed by atoms with Crippen molar-refractivity contribution in [1.29, 1.82) is 0 Å². The normalized spacial score (nSPS) is 14.3. The van der Waals surface area contributed by atoms with Crippen LogP contribution in [0, 0.1) is 12.8 Å². The van der Waals surface area contributed by atoms with Gasteiger partial charge < -0.3 is 5.32 Å². The van der Waals surface area contributed by atoms with E-state index in [-0.39, 0.29) is 0 Å². The third-order valence-corrected chi connectivity index (χ3v) is 2.81. The molecule has 0 fully saturated rings. The molecule has 82 valence electrons. The van der Waals surface area contributed by atoms with Gasteiger partial charge in [-0.25, -0.2) is 0 Å². The maximum absolute atomic E-state index is 4.12. The minimum absolute atomic E-state index is 0.436. The number of hydrogen-bond acceptors (Lipinski definition) is 2. The molecule has 1 heterocycles. The number of anilines is 1. The zero-order chi connectivity index (χ0) is 11.3. The quantitative estimate of drug-likeness (QED) is 0.743. The van der Waals surface area contributed by atoms with E-state index in [9.17, 15) is 0 Å². The first-order valence-corrected chi connectivity index (χ1v) is 5.43. The number of rotatable bonds is 5. The summed E-state index contributed by atoms with van der Waals surface area (Å²) in [4.78, 5) is 4.12. The number of aryl methyl sites for hydroxylation is 1. The van der Waals surface area contributed by atoms with Crippen molar-refractivity contribution < 1.29 is 0 Å². The van der Waals surface area contributed by atoms with Crippen molar-refractivity contribution in [3.8, 4) is 0 Å². The lowest BCUT2D eigenvalue weighted by Crippen LogP contribution is -2.23. The number of nitrogens with zero attached hydrogens (tertiary/aromatic N) is 1. The molecular formula is C13H20N2. The first-order valence-electron chi connectivity index (χ1n) is 5.43. The summed E-state index contributed by atoms with van der Waals surface area (Å²) >= 11 is 0. The van der Waals surface area contributed by atoms with Crippen molar-refractivity contribution in [3.63, 3.8) is 0 Å². The Morgan fingerprint density at radius 1 is 1.53 bits per heavy atom. The Hall–Kier alpha value is -1.31. The Kier molecular flexibility index (Phi) is 4.35. The molecule has 0 saturated heterocycles. The van der Waals surface area contributed by atoms with E-state index in [4.69, 9.17) is 0 Å². The minimum atomic E-state index is 0.436. The van der Waals surface area contributed by atoms with Crippen LogP contribution in [0.1, 0.15) is 25.8 Å². The van der Waals surface area contributed by atoms with E-state index >= 15 is 0 Å². The molecule has 0 spiro atoms. The van der Waals surface area contributed by atoms with Crippen LogP contribution in [-0.2, 0) is 0 Å². The SMILES string of the molecule is C=CCC(C)C(C)Nc1cnccc1C. The molecule has 1 aromatic heterocycles. The van der Waals surface area contributed by atoms with E-state index in [0.29, 0.717) is 12.0 Å². The van der Waals surface area contributed by atoms with Crippen LogP contribution in [0.4, 0.5) is 5.69 Å². The zero-order valence-electron chi connectivity index (χ0n) is 9.83. The van der Waals surface area contributed by atoms with Crippen LogP contribution in [0.3, 0.4) is 0 Å². The number of aromatic nitrogens is 1. The third kappa shape index (κ3) is 3.39. The van der Waals surface area contributed by atoms with Gasteiger partial charge in [0.1, 0.15) is 0 Å². The molecule has 1 N–H and O–H groups in total. The molecular weight excluding hydrogens is 184 g/mol. The molecule has 0 aliphatic rings. The Labute approximate surface area is 92.4 Å². The molecule has 15 heavy (non-hydrogen) atoms. The van der Waals surface area contributed by atoms with Crippen molar-refractivity contribution in [2.45, 2.75) is 33.2 Å². The summed E-state index contributed by atoms with van der Waals surface area (Å²) in [5.41, 5.74) is 2.36. The highest BCUT2D eigenvalue weighted by molar-refractivity contribution is 5.48. The third-order valence-electron chi connectivity index (χ3n) is 2.81. The fourth-order valence-corrected chi connectivity index (χ4v) is 1.47. The van der Waals surface area contributed by atoms with E-state index in [1.807, 2.05) is 24.5 Å². The monoisotopic (exact) mass is 204 g/mol. The summed E-state index contributed by atoms with van der Waals surface area (Å²) in [5, 5.41) is 3.48. The Bertz CT molecular complexity index is 320. The molecule has 2 atom stereocenters. The van der Waals surface area contributed by atoms with E-state index < -0.39 is 0 Å². The minimum Gasteiger partial charge on any atom is -0.381 e. The molecule has 1 aromatic rings. The second-order valence-corrected chi connectivity index (χ2v) is 4.13.